The van der Waals surface area contributed by atoms with E-state index >= 15 is 0 Å². The minimum Gasteiger partial charge on any atom is -0.486 e. The third-order valence-electron chi connectivity index (χ3n) is 2.39. The van der Waals surface area contributed by atoms with Crippen molar-refractivity contribution in [3.8, 4) is 11.5 Å². The van der Waals surface area contributed by atoms with Gasteiger partial charge in [0.15, 0.2) is 11.5 Å². The summed E-state index contributed by atoms with van der Waals surface area (Å²) < 4.78 is 10.8. The first-order valence-electron chi connectivity index (χ1n) is 5.47. The van der Waals surface area contributed by atoms with Crippen molar-refractivity contribution < 1.29 is 14.3 Å². The molecule has 2 rings (SSSR count). The second-order valence-electron chi connectivity index (χ2n) is 4.53. The molecule has 0 saturated heterocycles. The zero-order valence-corrected chi connectivity index (χ0v) is 9.95. The summed E-state index contributed by atoms with van der Waals surface area (Å²) in [5.41, 5.74) is 5.44. The summed E-state index contributed by atoms with van der Waals surface area (Å²) in [6, 6.07) is 5.27. The number of benzene rings is 1. The van der Waals surface area contributed by atoms with Crippen LogP contribution in [-0.2, 0) is 4.79 Å². The Morgan fingerprint density at radius 2 is 1.94 bits per heavy atom. The summed E-state index contributed by atoms with van der Waals surface area (Å²) in [7, 11) is 0. The molecule has 1 aromatic carbocycles. The van der Waals surface area contributed by atoms with Crippen LogP contribution in [0.5, 0.6) is 11.5 Å². The number of rotatable bonds is 2. The van der Waals surface area contributed by atoms with Gasteiger partial charge in [0.1, 0.15) is 13.2 Å². The summed E-state index contributed by atoms with van der Waals surface area (Å²) in [6.07, 6.45) is 0. The van der Waals surface area contributed by atoms with Crippen LogP contribution in [0, 0.1) is 0 Å². The van der Waals surface area contributed by atoms with Gasteiger partial charge in [-0.05, 0) is 26.0 Å². The second kappa shape index (κ2) is 4.25. The van der Waals surface area contributed by atoms with Crippen molar-refractivity contribution in [2.75, 3.05) is 18.5 Å². The van der Waals surface area contributed by atoms with E-state index in [4.69, 9.17) is 15.2 Å². The largest absolute Gasteiger partial charge is 0.486 e. The molecule has 1 amide bonds. The van der Waals surface area contributed by atoms with Gasteiger partial charge in [0.2, 0.25) is 5.91 Å². The SMILES string of the molecule is CC(C)(N)C(=O)Nc1ccc2c(c1)OCCO2. The Bertz CT molecular complexity index is 438. The predicted molar refractivity (Wildman–Crippen MR) is 64.3 cm³/mol. The Morgan fingerprint density at radius 3 is 2.59 bits per heavy atom. The highest BCUT2D eigenvalue weighted by atomic mass is 16.6. The van der Waals surface area contributed by atoms with E-state index in [2.05, 4.69) is 5.32 Å². The van der Waals surface area contributed by atoms with Crippen molar-refractivity contribution in [2.45, 2.75) is 19.4 Å². The number of carbonyl (C=O) groups excluding carboxylic acids is 1. The van der Waals surface area contributed by atoms with Gasteiger partial charge in [-0.1, -0.05) is 0 Å². The van der Waals surface area contributed by atoms with Gasteiger partial charge in [-0.15, -0.1) is 0 Å². The zero-order chi connectivity index (χ0) is 12.5. The number of hydrogen-bond donors (Lipinski definition) is 2. The van der Waals surface area contributed by atoms with Crippen molar-refractivity contribution in [3.05, 3.63) is 18.2 Å². The minimum atomic E-state index is -0.909. The molecule has 5 nitrogen and oxygen atoms in total. The molecule has 0 bridgehead atoms. The van der Waals surface area contributed by atoms with Crippen LogP contribution in [-0.4, -0.2) is 24.7 Å². The summed E-state index contributed by atoms with van der Waals surface area (Å²) in [6.45, 7) is 4.38. The van der Waals surface area contributed by atoms with Crippen molar-refractivity contribution >= 4 is 11.6 Å². The van der Waals surface area contributed by atoms with E-state index < -0.39 is 5.54 Å². The number of anilines is 1. The van der Waals surface area contributed by atoms with Gasteiger partial charge in [0.25, 0.3) is 0 Å². The van der Waals surface area contributed by atoms with Crippen molar-refractivity contribution in [1.29, 1.82) is 0 Å². The van der Waals surface area contributed by atoms with E-state index in [0.29, 0.717) is 30.4 Å². The summed E-state index contributed by atoms with van der Waals surface area (Å²) in [5.74, 6) is 1.10. The molecule has 0 aliphatic carbocycles. The fourth-order valence-corrected chi connectivity index (χ4v) is 1.41. The van der Waals surface area contributed by atoms with Gasteiger partial charge in [-0.2, -0.15) is 0 Å². The molecule has 1 aliphatic heterocycles. The standard InChI is InChI=1S/C12H16N2O3/c1-12(2,13)11(15)14-8-3-4-9-10(7-8)17-6-5-16-9/h3-4,7H,5-6,13H2,1-2H3,(H,14,15). The van der Waals surface area contributed by atoms with E-state index in [0.717, 1.165) is 0 Å². The molecule has 0 spiro atoms. The predicted octanol–water partition coefficient (Wildman–Crippen LogP) is 1.13. The van der Waals surface area contributed by atoms with Crippen LogP contribution in [0.3, 0.4) is 0 Å². The van der Waals surface area contributed by atoms with E-state index in [1.165, 1.54) is 0 Å². The van der Waals surface area contributed by atoms with Crippen molar-refractivity contribution in [1.82, 2.24) is 0 Å². The molecule has 0 saturated carbocycles. The summed E-state index contributed by atoms with van der Waals surface area (Å²) in [4.78, 5) is 11.7. The molecule has 1 aliphatic rings. The lowest BCUT2D eigenvalue weighted by atomic mass is 10.1. The molecule has 5 heteroatoms. The number of ether oxygens (including phenoxy) is 2. The average molecular weight is 236 g/mol. The molecule has 0 radical (unpaired) electrons. The second-order valence-corrected chi connectivity index (χ2v) is 4.53. The monoisotopic (exact) mass is 236 g/mol. The van der Waals surface area contributed by atoms with Crippen LogP contribution in [0.25, 0.3) is 0 Å². The van der Waals surface area contributed by atoms with E-state index in [-0.39, 0.29) is 5.91 Å². The first kappa shape index (κ1) is 11.7. The third kappa shape index (κ3) is 2.68. The number of amides is 1. The summed E-state index contributed by atoms with van der Waals surface area (Å²) in [5, 5.41) is 2.73. The van der Waals surface area contributed by atoms with Crippen LogP contribution in [0.2, 0.25) is 0 Å². The number of carbonyl (C=O) groups is 1. The zero-order valence-electron chi connectivity index (χ0n) is 9.95. The van der Waals surface area contributed by atoms with Crippen LogP contribution in [0.15, 0.2) is 18.2 Å². The molecule has 3 N–H and O–H groups in total. The van der Waals surface area contributed by atoms with E-state index in [9.17, 15) is 4.79 Å². The van der Waals surface area contributed by atoms with Gasteiger partial charge in [-0.25, -0.2) is 0 Å². The minimum absolute atomic E-state index is 0.242. The maximum atomic E-state index is 11.7. The molecule has 1 aromatic rings. The van der Waals surface area contributed by atoms with Gasteiger partial charge in [-0.3, -0.25) is 4.79 Å². The van der Waals surface area contributed by atoms with Crippen LogP contribution >= 0.6 is 0 Å². The van der Waals surface area contributed by atoms with Gasteiger partial charge in [0, 0.05) is 11.8 Å². The first-order chi connectivity index (χ1) is 7.97. The third-order valence-corrected chi connectivity index (χ3v) is 2.39. The van der Waals surface area contributed by atoms with Crippen molar-refractivity contribution in [3.63, 3.8) is 0 Å². The van der Waals surface area contributed by atoms with E-state index in [1.807, 2.05) is 0 Å². The molecule has 92 valence electrons. The fraction of sp³-hybridized carbons (Fsp3) is 0.417. The van der Waals surface area contributed by atoms with Gasteiger partial charge < -0.3 is 20.5 Å². The molecule has 0 fully saturated rings. The van der Waals surface area contributed by atoms with E-state index in [1.54, 1.807) is 32.0 Å². The molecular formula is C12H16N2O3. The highest BCUT2D eigenvalue weighted by Gasteiger charge is 2.22. The molecule has 0 unspecified atom stereocenters. The molecule has 1 heterocycles. The lowest BCUT2D eigenvalue weighted by molar-refractivity contribution is -0.120. The number of nitrogens with one attached hydrogen (secondary N) is 1. The fourth-order valence-electron chi connectivity index (χ4n) is 1.41. The van der Waals surface area contributed by atoms with Crippen LogP contribution < -0.4 is 20.5 Å². The topological polar surface area (TPSA) is 73.6 Å². The molecule has 0 aromatic heterocycles. The lowest BCUT2D eigenvalue weighted by Gasteiger charge is -2.21. The smallest absolute Gasteiger partial charge is 0.243 e. The van der Waals surface area contributed by atoms with Gasteiger partial charge >= 0.3 is 0 Å². The molecular weight excluding hydrogens is 220 g/mol. The maximum Gasteiger partial charge on any atom is 0.243 e. The van der Waals surface area contributed by atoms with Crippen molar-refractivity contribution in [2.24, 2.45) is 5.73 Å². The van der Waals surface area contributed by atoms with Crippen LogP contribution in [0.4, 0.5) is 5.69 Å². The van der Waals surface area contributed by atoms with Gasteiger partial charge in [0.05, 0.1) is 5.54 Å². The Balaban J connectivity index is 2.15. The first-order valence-corrected chi connectivity index (χ1v) is 5.47. The Morgan fingerprint density at radius 1 is 1.29 bits per heavy atom. The highest BCUT2D eigenvalue weighted by molar-refractivity contribution is 5.97. The highest BCUT2D eigenvalue weighted by Crippen LogP contribution is 2.32. The Labute approximate surface area is 99.9 Å². The molecule has 17 heavy (non-hydrogen) atoms. The average Bonchev–Trinajstić information content (AvgIpc) is 2.27. The lowest BCUT2D eigenvalue weighted by Crippen LogP contribution is -2.45. The summed E-state index contributed by atoms with van der Waals surface area (Å²) >= 11 is 0. The number of fused-ring (bicyclic) bond motifs is 1. The normalized spacial score (nSPS) is 14.3. The Hall–Kier alpha value is -1.75. The number of hydrogen-bond acceptors (Lipinski definition) is 4. The van der Waals surface area contributed by atoms with Crippen LogP contribution in [0.1, 0.15) is 13.8 Å². The number of nitrogens with two attached hydrogens (primary N) is 1. The quantitative estimate of drug-likeness (QED) is 0.807. The molecule has 0 atom stereocenters. The Kier molecular flexibility index (Phi) is 2.93. The maximum absolute atomic E-state index is 11.7.